The number of esters is 1. The molecule has 3 heterocycles. The molecule has 2 unspecified atom stereocenters. The van der Waals surface area contributed by atoms with Crippen molar-refractivity contribution in [2.45, 2.75) is 121 Å². The van der Waals surface area contributed by atoms with E-state index in [0.717, 1.165) is 77.2 Å². The van der Waals surface area contributed by atoms with Gasteiger partial charge >= 0.3 is 5.97 Å². The van der Waals surface area contributed by atoms with Crippen molar-refractivity contribution in [2.75, 3.05) is 20.1 Å². The minimum atomic E-state index is -4.14. The highest BCUT2D eigenvalue weighted by atomic mass is 32.2. The summed E-state index contributed by atoms with van der Waals surface area (Å²) in [6.07, 6.45) is 5.58. The summed E-state index contributed by atoms with van der Waals surface area (Å²) in [7, 11) is -2.65. The summed E-state index contributed by atoms with van der Waals surface area (Å²) in [6.45, 7) is 13.9. The van der Waals surface area contributed by atoms with E-state index in [1.54, 1.807) is 30.5 Å². The fraction of sp³-hybridized carbons (Fsp3) is 0.415. The maximum Gasteiger partial charge on any atom is 0.326 e. The Bertz CT molecular complexity index is 2530. The van der Waals surface area contributed by atoms with E-state index in [-0.39, 0.29) is 28.6 Å². The van der Waals surface area contributed by atoms with Gasteiger partial charge in [-0.2, -0.15) is 4.31 Å². The van der Waals surface area contributed by atoms with Gasteiger partial charge in [-0.1, -0.05) is 138 Å². The van der Waals surface area contributed by atoms with E-state index in [0.29, 0.717) is 19.3 Å². The summed E-state index contributed by atoms with van der Waals surface area (Å²) in [5, 5.41) is 12.8. The molecule has 338 valence electrons. The summed E-state index contributed by atoms with van der Waals surface area (Å²) in [5.74, 6) is -0.151. The number of aromatic amines is 1. The lowest BCUT2D eigenvalue weighted by molar-refractivity contribution is -0.168. The van der Waals surface area contributed by atoms with Crippen LogP contribution in [0.5, 0.6) is 0 Å². The molecule has 1 aliphatic rings. The van der Waals surface area contributed by atoms with Crippen molar-refractivity contribution in [1.29, 1.82) is 0 Å². The number of H-pyrrole nitrogens is 1. The standard InChI is InChI=1S/C53H65N5O5S/c1-37(2)35-48(57(7)64(61,62)44-27-21-39(22-28-44)36-47-49-46(30-32-54-47)55-38(3)56-49)51(59)63-50(58-33-15-10-16-34-58)45(40-23-25-41(26-24-40)52(4,5)6)29-31-53(60,42-17-11-8-12-18-42)43-19-13-9-14-20-43/h8-9,11-14,17-28,30,32,37,45,48,50,60H,10,15-16,29,31,33-36H2,1-7H3,(H,55,56)/t45?,48-,50?/m0/s1. The van der Waals surface area contributed by atoms with E-state index in [4.69, 9.17) is 4.74 Å². The van der Waals surface area contributed by atoms with E-state index < -0.39 is 33.9 Å². The lowest BCUT2D eigenvalue weighted by Crippen LogP contribution is -2.50. The number of rotatable bonds is 17. The summed E-state index contributed by atoms with van der Waals surface area (Å²) in [5.41, 5.74) is 5.74. The second-order valence-electron chi connectivity index (χ2n) is 19.0. The Hall–Kier alpha value is -5.20. The number of likely N-dealkylation sites (N-methyl/N-ethyl adjacent to an activating group) is 1. The van der Waals surface area contributed by atoms with Crippen LogP contribution in [0.15, 0.2) is 126 Å². The molecule has 10 nitrogen and oxygen atoms in total. The van der Waals surface area contributed by atoms with Gasteiger partial charge in [-0.05, 0) is 96.4 Å². The first-order valence-electron chi connectivity index (χ1n) is 22.8. The summed E-state index contributed by atoms with van der Waals surface area (Å²) >= 11 is 0. The molecule has 7 rings (SSSR count). The number of piperidine rings is 1. The summed E-state index contributed by atoms with van der Waals surface area (Å²) < 4.78 is 37.0. The maximum atomic E-state index is 15.0. The van der Waals surface area contributed by atoms with Crippen LogP contribution in [0, 0.1) is 12.8 Å². The molecule has 6 aromatic rings. The van der Waals surface area contributed by atoms with Crippen molar-refractivity contribution in [1.82, 2.24) is 24.2 Å². The van der Waals surface area contributed by atoms with Gasteiger partial charge in [-0.25, -0.2) is 13.4 Å². The van der Waals surface area contributed by atoms with E-state index >= 15 is 0 Å². The molecule has 64 heavy (non-hydrogen) atoms. The molecular weight excluding hydrogens is 819 g/mol. The SMILES string of the molecule is Cc1nc2c(Cc3ccc(S(=O)(=O)N(C)[C@@H](CC(C)C)C(=O)OC(C(CCC(O)(c4ccccc4)c4ccccc4)c4ccc(C(C)(C)C)cc4)N4CCCCC4)cc3)nccc2[nH]1. The van der Waals surface area contributed by atoms with Crippen LogP contribution in [-0.2, 0) is 37.0 Å². The largest absolute Gasteiger partial charge is 0.444 e. The smallest absolute Gasteiger partial charge is 0.326 e. The average molecular weight is 884 g/mol. The molecule has 4 aromatic carbocycles. The zero-order valence-corrected chi connectivity index (χ0v) is 39.3. The van der Waals surface area contributed by atoms with Crippen molar-refractivity contribution >= 4 is 27.0 Å². The van der Waals surface area contributed by atoms with Crippen molar-refractivity contribution in [2.24, 2.45) is 5.92 Å². The van der Waals surface area contributed by atoms with Crippen LogP contribution < -0.4 is 0 Å². The number of sulfonamides is 1. The van der Waals surface area contributed by atoms with Gasteiger partial charge in [0.1, 0.15) is 23.0 Å². The Morgan fingerprint density at radius 3 is 2.03 bits per heavy atom. The molecule has 0 saturated carbocycles. The molecule has 1 aliphatic heterocycles. The zero-order chi connectivity index (χ0) is 45.6. The molecule has 0 radical (unpaired) electrons. The normalized spacial score (nSPS) is 15.7. The fourth-order valence-corrected chi connectivity index (χ4v) is 10.4. The van der Waals surface area contributed by atoms with Crippen molar-refractivity contribution in [3.8, 4) is 0 Å². The van der Waals surface area contributed by atoms with Gasteiger partial charge in [0.25, 0.3) is 0 Å². The maximum absolute atomic E-state index is 15.0. The number of carbonyl (C=O) groups excluding carboxylic acids is 1. The molecule has 0 amide bonds. The number of hydrogen-bond acceptors (Lipinski definition) is 8. The quantitative estimate of drug-likeness (QED) is 0.0867. The summed E-state index contributed by atoms with van der Waals surface area (Å²) in [4.78, 5) is 29.7. The number of carbonyl (C=O) groups is 1. The zero-order valence-electron chi connectivity index (χ0n) is 38.5. The predicted molar refractivity (Wildman–Crippen MR) is 254 cm³/mol. The van der Waals surface area contributed by atoms with Gasteiger partial charge in [-0.3, -0.25) is 14.7 Å². The molecule has 0 bridgehead atoms. The van der Waals surface area contributed by atoms with Gasteiger partial charge in [0.2, 0.25) is 10.0 Å². The van der Waals surface area contributed by atoms with Crippen LogP contribution in [0.1, 0.15) is 118 Å². The number of likely N-dealkylation sites (tertiary alicyclic amines) is 1. The number of ether oxygens (including phenoxy) is 1. The molecule has 11 heteroatoms. The highest BCUT2D eigenvalue weighted by Gasteiger charge is 2.41. The van der Waals surface area contributed by atoms with Crippen molar-refractivity contribution in [3.63, 3.8) is 0 Å². The number of pyridine rings is 1. The molecule has 2 N–H and O–H groups in total. The summed E-state index contributed by atoms with van der Waals surface area (Å²) in [6, 6.07) is 35.7. The van der Waals surface area contributed by atoms with E-state index in [1.165, 1.54) is 16.9 Å². The first-order chi connectivity index (χ1) is 30.5. The van der Waals surface area contributed by atoms with E-state index in [2.05, 4.69) is 64.9 Å². The van der Waals surface area contributed by atoms with Gasteiger partial charge in [0, 0.05) is 38.7 Å². The number of aryl methyl sites for hydroxylation is 1. The monoisotopic (exact) mass is 883 g/mol. The fourth-order valence-electron chi connectivity index (χ4n) is 9.12. The van der Waals surface area contributed by atoms with Crippen molar-refractivity contribution < 1.29 is 23.1 Å². The van der Waals surface area contributed by atoms with Crippen LogP contribution in [0.3, 0.4) is 0 Å². The Kier molecular flexibility index (Phi) is 14.5. The third kappa shape index (κ3) is 10.7. The van der Waals surface area contributed by atoms with Gasteiger partial charge in [-0.15, -0.1) is 0 Å². The number of nitrogens with one attached hydrogen (secondary N) is 1. The third-order valence-corrected chi connectivity index (χ3v) is 14.7. The average Bonchev–Trinajstić information content (AvgIpc) is 3.69. The van der Waals surface area contributed by atoms with Crippen LogP contribution in [0.25, 0.3) is 11.0 Å². The second kappa shape index (κ2) is 19.9. The highest BCUT2D eigenvalue weighted by Crippen LogP contribution is 2.40. The molecule has 0 spiro atoms. The Morgan fingerprint density at radius 2 is 1.45 bits per heavy atom. The number of imidazole rings is 1. The number of aromatic nitrogens is 3. The Balaban J connectivity index is 1.21. The van der Waals surface area contributed by atoms with Crippen LogP contribution in [-0.4, -0.2) is 76.1 Å². The topological polar surface area (TPSA) is 129 Å². The van der Waals surface area contributed by atoms with Gasteiger partial charge in [0.15, 0.2) is 6.23 Å². The van der Waals surface area contributed by atoms with E-state index in [1.807, 2.05) is 87.5 Å². The second-order valence-corrected chi connectivity index (χ2v) is 21.0. The number of fused-ring (bicyclic) bond motifs is 1. The molecule has 1 fully saturated rings. The molecule has 0 aliphatic carbocycles. The van der Waals surface area contributed by atoms with E-state index in [9.17, 15) is 18.3 Å². The predicted octanol–water partition coefficient (Wildman–Crippen LogP) is 10.0. The van der Waals surface area contributed by atoms with Crippen LogP contribution in [0.2, 0.25) is 0 Å². The Labute approximate surface area is 380 Å². The number of hydrogen-bond donors (Lipinski definition) is 2. The first-order valence-corrected chi connectivity index (χ1v) is 24.2. The minimum Gasteiger partial charge on any atom is -0.444 e. The first kappa shape index (κ1) is 46.8. The highest BCUT2D eigenvalue weighted by molar-refractivity contribution is 7.89. The molecule has 3 atom stereocenters. The third-order valence-electron chi connectivity index (χ3n) is 12.8. The van der Waals surface area contributed by atoms with Crippen LogP contribution in [0.4, 0.5) is 0 Å². The van der Waals surface area contributed by atoms with Gasteiger partial charge in [0.05, 0.1) is 16.1 Å². The minimum absolute atomic E-state index is 0.0145. The lowest BCUT2D eigenvalue weighted by atomic mass is 9.78. The molecular formula is C53H65N5O5S. The lowest BCUT2D eigenvalue weighted by Gasteiger charge is -2.41. The van der Waals surface area contributed by atoms with Crippen molar-refractivity contribution in [3.05, 3.63) is 161 Å². The molecule has 1 saturated heterocycles. The Morgan fingerprint density at radius 1 is 0.844 bits per heavy atom. The van der Waals surface area contributed by atoms with Crippen LogP contribution >= 0.6 is 0 Å². The number of nitrogens with zero attached hydrogens (tertiary/aromatic N) is 4. The molecule has 2 aromatic heterocycles. The number of benzene rings is 4. The number of aliphatic hydroxyl groups is 1. The van der Waals surface area contributed by atoms with Gasteiger partial charge < -0.3 is 14.8 Å².